The van der Waals surface area contributed by atoms with E-state index in [9.17, 15) is 0 Å². The summed E-state index contributed by atoms with van der Waals surface area (Å²) in [4.78, 5) is 0. The zero-order valence-corrected chi connectivity index (χ0v) is 12.8. The number of thiocarbonyl (C=S) groups is 2. The first-order chi connectivity index (χ1) is 8.58. The highest BCUT2D eigenvalue weighted by atomic mass is 32.1. The third-order valence-electron chi connectivity index (χ3n) is 2.04. The van der Waals surface area contributed by atoms with Crippen molar-refractivity contribution in [3.8, 4) is 0 Å². The maximum atomic E-state index is 4.95. The van der Waals surface area contributed by atoms with Gasteiger partial charge in [-0.1, -0.05) is 13.8 Å². The molecule has 8 heteroatoms. The first-order valence-electron chi connectivity index (χ1n) is 5.67. The predicted octanol–water partition coefficient (Wildman–Crippen LogP) is 0.706. The van der Waals surface area contributed by atoms with Gasteiger partial charge in [-0.25, -0.2) is 0 Å². The first-order valence-corrected chi connectivity index (χ1v) is 6.49. The molecule has 0 spiro atoms. The van der Waals surface area contributed by atoms with Gasteiger partial charge >= 0.3 is 0 Å². The number of nitrogens with one attached hydrogen (secondary N) is 4. The van der Waals surface area contributed by atoms with E-state index in [1.165, 1.54) is 0 Å². The van der Waals surface area contributed by atoms with Crippen molar-refractivity contribution >= 4 is 46.1 Å². The molecule has 4 N–H and O–H groups in total. The molecule has 6 nitrogen and oxygen atoms in total. The summed E-state index contributed by atoms with van der Waals surface area (Å²) in [5.41, 5.74) is 7.17. The van der Waals surface area contributed by atoms with Crippen molar-refractivity contribution in [1.29, 1.82) is 0 Å². The topological polar surface area (TPSA) is 72.8 Å². The Morgan fingerprint density at radius 3 is 1.39 bits per heavy atom. The van der Waals surface area contributed by atoms with Crippen LogP contribution in [-0.4, -0.2) is 35.7 Å². The van der Waals surface area contributed by atoms with Gasteiger partial charge in [0.15, 0.2) is 10.2 Å². The van der Waals surface area contributed by atoms with Gasteiger partial charge in [0.05, 0.1) is 11.4 Å². The van der Waals surface area contributed by atoms with E-state index in [1.807, 2.05) is 13.8 Å². The molecule has 102 valence electrons. The Hall–Kier alpha value is -1.28. The number of hydrogen-bond donors (Lipinski definition) is 4. The van der Waals surface area contributed by atoms with Crippen molar-refractivity contribution in [2.75, 3.05) is 14.1 Å². The fourth-order valence-electron chi connectivity index (χ4n) is 1.04. The minimum atomic E-state index is 0.468. The van der Waals surface area contributed by atoms with Gasteiger partial charge in [0, 0.05) is 14.1 Å². The zero-order valence-electron chi connectivity index (χ0n) is 11.1. The van der Waals surface area contributed by atoms with Gasteiger partial charge in [-0.2, -0.15) is 10.2 Å². The van der Waals surface area contributed by atoms with Crippen LogP contribution in [0.25, 0.3) is 0 Å². The maximum absolute atomic E-state index is 4.95. The Labute approximate surface area is 119 Å². The first kappa shape index (κ1) is 16.7. The van der Waals surface area contributed by atoms with Crippen LogP contribution in [0.1, 0.15) is 26.7 Å². The summed E-state index contributed by atoms with van der Waals surface area (Å²) >= 11 is 9.91. The maximum Gasteiger partial charge on any atom is 0.186 e. The van der Waals surface area contributed by atoms with E-state index in [-0.39, 0.29) is 0 Å². The van der Waals surface area contributed by atoms with Gasteiger partial charge < -0.3 is 10.6 Å². The van der Waals surface area contributed by atoms with Crippen LogP contribution in [0, 0.1) is 0 Å². The number of hydrogen-bond acceptors (Lipinski definition) is 4. The second-order valence-corrected chi connectivity index (χ2v) is 4.02. The van der Waals surface area contributed by atoms with Crippen LogP contribution in [0.2, 0.25) is 0 Å². The molecule has 0 aliphatic carbocycles. The largest absolute Gasteiger partial charge is 0.364 e. The molecule has 0 radical (unpaired) electrons. The van der Waals surface area contributed by atoms with E-state index in [1.54, 1.807) is 14.1 Å². The molecule has 0 amide bonds. The van der Waals surface area contributed by atoms with E-state index in [0.717, 1.165) is 24.3 Å². The molecule has 0 aliphatic rings. The lowest BCUT2D eigenvalue weighted by Gasteiger charge is -2.09. The molecule has 0 aromatic heterocycles. The lowest BCUT2D eigenvalue weighted by Crippen LogP contribution is -2.32. The Bertz CT molecular complexity index is 316. The van der Waals surface area contributed by atoms with Crippen molar-refractivity contribution in [2.45, 2.75) is 26.7 Å². The standard InChI is InChI=1S/C10H20N6S2/c1-5-7(13-15-9(17)11-3)8(6-2)14-16-10(18)12-4/h5-6H2,1-4H3,(H2,11,15,17)(H2,12,16,18)/b13-7-,14-8-. The normalized spacial score (nSPS) is 11.8. The SMILES string of the molecule is CCC(=N/NC(=S)NC)/C(CC)=N\NC(=S)NC. The molecule has 18 heavy (non-hydrogen) atoms. The van der Waals surface area contributed by atoms with Crippen molar-refractivity contribution < 1.29 is 0 Å². The smallest absolute Gasteiger partial charge is 0.186 e. The second-order valence-electron chi connectivity index (χ2n) is 3.21. The third kappa shape index (κ3) is 6.45. The molecule has 0 saturated carbocycles. The Balaban J connectivity index is 4.75. The summed E-state index contributed by atoms with van der Waals surface area (Å²) in [5.74, 6) is 0. The molecule has 0 rings (SSSR count). The number of rotatable bonds is 5. The van der Waals surface area contributed by atoms with Crippen molar-refractivity contribution in [3.05, 3.63) is 0 Å². The quantitative estimate of drug-likeness (QED) is 0.339. The van der Waals surface area contributed by atoms with E-state index in [0.29, 0.717) is 10.2 Å². The number of hydrazone groups is 2. The number of nitrogens with zero attached hydrogens (tertiary/aromatic N) is 2. The molecule has 0 heterocycles. The van der Waals surface area contributed by atoms with Crippen LogP contribution in [0.5, 0.6) is 0 Å². The van der Waals surface area contributed by atoms with Crippen LogP contribution >= 0.6 is 24.4 Å². The third-order valence-corrected chi connectivity index (χ3v) is 2.63. The van der Waals surface area contributed by atoms with Gasteiger partial charge in [-0.05, 0) is 37.3 Å². The van der Waals surface area contributed by atoms with Gasteiger partial charge in [-0.3, -0.25) is 10.9 Å². The van der Waals surface area contributed by atoms with Crippen molar-refractivity contribution in [3.63, 3.8) is 0 Å². The van der Waals surface area contributed by atoms with Crippen molar-refractivity contribution in [1.82, 2.24) is 21.5 Å². The summed E-state index contributed by atoms with van der Waals surface area (Å²) in [6.07, 6.45) is 1.50. The molecule has 0 unspecified atom stereocenters. The Morgan fingerprint density at radius 1 is 0.833 bits per heavy atom. The molecule has 0 atom stereocenters. The summed E-state index contributed by atoms with van der Waals surface area (Å²) < 4.78 is 0. The molecule has 0 aliphatic heterocycles. The molecule has 0 bridgehead atoms. The Morgan fingerprint density at radius 2 is 1.17 bits per heavy atom. The lowest BCUT2D eigenvalue weighted by atomic mass is 10.1. The van der Waals surface area contributed by atoms with Crippen LogP contribution in [0.3, 0.4) is 0 Å². The zero-order chi connectivity index (χ0) is 14.0. The average molecular weight is 288 g/mol. The highest BCUT2D eigenvalue weighted by Gasteiger charge is 2.06. The van der Waals surface area contributed by atoms with E-state index in [2.05, 4.69) is 31.7 Å². The molecular formula is C10H20N6S2. The highest BCUT2D eigenvalue weighted by Crippen LogP contribution is 1.95. The minimum Gasteiger partial charge on any atom is -0.364 e. The lowest BCUT2D eigenvalue weighted by molar-refractivity contribution is 0.952. The minimum absolute atomic E-state index is 0.468. The van der Waals surface area contributed by atoms with Crippen LogP contribution in [0.15, 0.2) is 10.2 Å². The van der Waals surface area contributed by atoms with Gasteiger partial charge in [0.25, 0.3) is 0 Å². The summed E-state index contributed by atoms with van der Waals surface area (Å²) in [6, 6.07) is 0. The van der Waals surface area contributed by atoms with Gasteiger partial charge in [0.2, 0.25) is 0 Å². The van der Waals surface area contributed by atoms with E-state index in [4.69, 9.17) is 24.4 Å². The van der Waals surface area contributed by atoms with Crippen LogP contribution < -0.4 is 21.5 Å². The fourth-order valence-corrected chi connectivity index (χ4v) is 1.13. The predicted molar refractivity (Wildman–Crippen MR) is 85.0 cm³/mol. The van der Waals surface area contributed by atoms with Crippen molar-refractivity contribution in [2.24, 2.45) is 10.2 Å². The fraction of sp³-hybridized carbons (Fsp3) is 0.600. The molecule has 0 aromatic carbocycles. The molecule has 0 saturated heterocycles. The van der Waals surface area contributed by atoms with Crippen LogP contribution in [0.4, 0.5) is 0 Å². The molecule has 0 aromatic rings. The molecular weight excluding hydrogens is 268 g/mol. The van der Waals surface area contributed by atoms with Gasteiger partial charge in [-0.15, -0.1) is 0 Å². The Kier molecular flexibility index (Phi) is 9.03. The van der Waals surface area contributed by atoms with Crippen LogP contribution in [-0.2, 0) is 0 Å². The van der Waals surface area contributed by atoms with E-state index >= 15 is 0 Å². The molecule has 0 fully saturated rings. The summed E-state index contributed by atoms with van der Waals surface area (Å²) in [7, 11) is 3.47. The monoisotopic (exact) mass is 288 g/mol. The van der Waals surface area contributed by atoms with E-state index < -0.39 is 0 Å². The average Bonchev–Trinajstić information content (AvgIpc) is 2.41. The highest BCUT2D eigenvalue weighted by molar-refractivity contribution is 7.80. The summed E-state index contributed by atoms with van der Waals surface area (Å²) in [5, 5.41) is 14.9. The second kappa shape index (κ2) is 9.72. The summed E-state index contributed by atoms with van der Waals surface area (Å²) in [6.45, 7) is 4.01. The van der Waals surface area contributed by atoms with Gasteiger partial charge in [0.1, 0.15) is 0 Å².